The van der Waals surface area contributed by atoms with Crippen molar-refractivity contribution in [2.45, 2.75) is 32.2 Å². The number of ether oxygens (including phenoxy) is 1. The lowest BCUT2D eigenvalue weighted by atomic mass is 9.87. The van der Waals surface area contributed by atoms with E-state index in [1.165, 1.54) is 0 Å². The molecule has 1 fully saturated rings. The highest BCUT2D eigenvalue weighted by Gasteiger charge is 2.35. The molecular weight excluding hydrogens is 454 g/mol. The predicted molar refractivity (Wildman–Crippen MR) is 138 cm³/mol. The Labute approximate surface area is 210 Å². The molecule has 8 nitrogen and oxygen atoms in total. The van der Waals surface area contributed by atoms with Gasteiger partial charge in [0.15, 0.2) is 0 Å². The largest absolute Gasteiger partial charge is 0.457 e. The standard InChI is InChI=1S/C28H29N5O3/c1-2-6-24(34)32-17-14-19(15-18-32)23-13-16-30-28-25(27(29)35)26(31-33(23)28)20-9-11-22(12-10-20)36-21-7-4-3-5-8-21/h3-5,7-12,19,23,30H,13-18H2,1H3,(H2,29,35). The molecule has 5 rings (SSSR count). The maximum atomic E-state index is 12.5. The molecule has 3 aromatic rings. The van der Waals surface area contributed by atoms with Crippen LogP contribution in [-0.4, -0.2) is 46.1 Å². The van der Waals surface area contributed by atoms with Gasteiger partial charge < -0.3 is 20.7 Å². The van der Waals surface area contributed by atoms with Crippen LogP contribution in [0.15, 0.2) is 54.6 Å². The monoisotopic (exact) mass is 483 g/mol. The number of benzene rings is 2. The molecule has 0 aliphatic carbocycles. The van der Waals surface area contributed by atoms with E-state index in [1.807, 2.05) is 64.2 Å². The summed E-state index contributed by atoms with van der Waals surface area (Å²) in [6, 6.07) is 17.2. The van der Waals surface area contributed by atoms with Crippen molar-refractivity contribution in [2.24, 2.45) is 11.7 Å². The van der Waals surface area contributed by atoms with Crippen LogP contribution < -0.4 is 15.8 Å². The van der Waals surface area contributed by atoms with Crippen molar-refractivity contribution in [1.82, 2.24) is 14.7 Å². The van der Waals surface area contributed by atoms with E-state index in [4.69, 9.17) is 15.6 Å². The van der Waals surface area contributed by atoms with Gasteiger partial charge in [0.2, 0.25) is 0 Å². The number of aromatic nitrogens is 2. The van der Waals surface area contributed by atoms with E-state index in [0.29, 0.717) is 41.8 Å². The fourth-order valence-corrected chi connectivity index (χ4v) is 5.15. The highest BCUT2D eigenvalue weighted by Crippen LogP contribution is 2.40. The van der Waals surface area contributed by atoms with Gasteiger partial charge in [0.05, 0.1) is 6.04 Å². The van der Waals surface area contributed by atoms with E-state index in [0.717, 1.165) is 37.1 Å². The van der Waals surface area contributed by atoms with E-state index < -0.39 is 5.91 Å². The molecule has 3 heterocycles. The number of piperidine rings is 1. The number of likely N-dealkylation sites (tertiary alicyclic amines) is 1. The van der Waals surface area contributed by atoms with Crippen LogP contribution in [0.4, 0.5) is 5.82 Å². The van der Waals surface area contributed by atoms with Gasteiger partial charge in [-0.05, 0) is 74.4 Å². The summed E-state index contributed by atoms with van der Waals surface area (Å²) in [6.45, 7) is 3.77. The minimum Gasteiger partial charge on any atom is -0.457 e. The van der Waals surface area contributed by atoms with Crippen LogP contribution in [0.2, 0.25) is 0 Å². The molecule has 0 saturated carbocycles. The Bertz CT molecular complexity index is 1310. The molecule has 3 N–H and O–H groups in total. The quantitative estimate of drug-likeness (QED) is 0.533. The maximum Gasteiger partial charge on any atom is 0.298 e. The van der Waals surface area contributed by atoms with Gasteiger partial charge in [0.1, 0.15) is 28.6 Å². The fraction of sp³-hybridized carbons (Fsp3) is 0.321. The third kappa shape index (κ3) is 4.65. The smallest absolute Gasteiger partial charge is 0.298 e. The second-order valence-electron chi connectivity index (χ2n) is 9.11. The number of rotatable bonds is 5. The summed E-state index contributed by atoms with van der Waals surface area (Å²) in [5.41, 5.74) is 7.61. The van der Waals surface area contributed by atoms with E-state index >= 15 is 0 Å². The molecule has 1 aromatic heterocycles. The molecule has 1 atom stereocenters. The Hall–Kier alpha value is -4.25. The van der Waals surface area contributed by atoms with Gasteiger partial charge in [-0.2, -0.15) is 5.10 Å². The van der Waals surface area contributed by atoms with Gasteiger partial charge in [0.25, 0.3) is 11.8 Å². The summed E-state index contributed by atoms with van der Waals surface area (Å²) in [5.74, 6) is 7.16. The lowest BCUT2D eigenvalue weighted by molar-refractivity contribution is -0.126. The van der Waals surface area contributed by atoms with E-state index in [9.17, 15) is 9.59 Å². The number of hydrogen-bond donors (Lipinski definition) is 2. The summed E-state index contributed by atoms with van der Waals surface area (Å²) in [7, 11) is 0. The van der Waals surface area contributed by atoms with E-state index in [1.54, 1.807) is 6.92 Å². The van der Waals surface area contributed by atoms with Gasteiger partial charge >= 0.3 is 0 Å². The number of carbonyl (C=O) groups excluding carboxylic acids is 2. The van der Waals surface area contributed by atoms with Crippen LogP contribution in [0.1, 0.15) is 42.6 Å². The first-order valence-corrected chi connectivity index (χ1v) is 12.3. The van der Waals surface area contributed by atoms with Crippen LogP contribution in [0, 0.1) is 17.8 Å². The topological polar surface area (TPSA) is 102 Å². The number of nitrogens with zero attached hydrogens (tertiary/aromatic N) is 3. The first-order chi connectivity index (χ1) is 17.5. The van der Waals surface area contributed by atoms with Crippen LogP contribution in [0.25, 0.3) is 11.3 Å². The van der Waals surface area contributed by atoms with Gasteiger partial charge in [-0.1, -0.05) is 24.1 Å². The molecule has 184 valence electrons. The second kappa shape index (κ2) is 10.2. The average molecular weight is 484 g/mol. The number of para-hydroxylation sites is 1. The summed E-state index contributed by atoms with van der Waals surface area (Å²) < 4.78 is 7.85. The molecule has 1 saturated heterocycles. The number of primary amides is 1. The number of anilines is 1. The van der Waals surface area contributed by atoms with Crippen LogP contribution in [-0.2, 0) is 4.79 Å². The van der Waals surface area contributed by atoms with Gasteiger partial charge in [-0.15, -0.1) is 0 Å². The maximum absolute atomic E-state index is 12.5. The van der Waals surface area contributed by atoms with Crippen LogP contribution >= 0.6 is 0 Å². The summed E-state index contributed by atoms with van der Waals surface area (Å²) in [4.78, 5) is 26.5. The van der Waals surface area contributed by atoms with Crippen molar-refractivity contribution < 1.29 is 14.3 Å². The fourth-order valence-electron chi connectivity index (χ4n) is 5.15. The molecule has 0 bridgehead atoms. The molecule has 0 spiro atoms. The molecule has 0 radical (unpaired) electrons. The van der Waals surface area contributed by atoms with Gasteiger partial charge in [0, 0.05) is 25.2 Å². The third-order valence-electron chi connectivity index (χ3n) is 6.91. The molecule has 2 aliphatic heterocycles. The molecular formula is C28H29N5O3. The number of amides is 2. The lowest BCUT2D eigenvalue weighted by Gasteiger charge is -2.37. The Balaban J connectivity index is 1.40. The highest BCUT2D eigenvalue weighted by atomic mass is 16.5. The zero-order valence-corrected chi connectivity index (χ0v) is 20.2. The number of nitrogens with one attached hydrogen (secondary N) is 1. The number of carbonyl (C=O) groups is 2. The molecule has 1 unspecified atom stereocenters. The molecule has 8 heteroatoms. The summed E-state index contributed by atoms with van der Waals surface area (Å²) in [6.07, 6.45) is 2.63. The zero-order valence-electron chi connectivity index (χ0n) is 20.2. The van der Waals surface area contributed by atoms with Crippen LogP contribution in [0.5, 0.6) is 11.5 Å². The Kier molecular flexibility index (Phi) is 6.63. The summed E-state index contributed by atoms with van der Waals surface area (Å²) in [5, 5.41) is 8.26. The van der Waals surface area contributed by atoms with Gasteiger partial charge in [-0.25, -0.2) is 4.68 Å². The first-order valence-electron chi connectivity index (χ1n) is 12.3. The van der Waals surface area contributed by atoms with Crippen molar-refractivity contribution in [3.63, 3.8) is 0 Å². The summed E-state index contributed by atoms with van der Waals surface area (Å²) >= 11 is 0. The highest BCUT2D eigenvalue weighted by molar-refractivity contribution is 6.03. The van der Waals surface area contributed by atoms with Crippen molar-refractivity contribution in [3.05, 3.63) is 60.2 Å². The zero-order chi connectivity index (χ0) is 25.1. The lowest BCUT2D eigenvalue weighted by Crippen LogP contribution is -2.41. The Morgan fingerprint density at radius 1 is 1.03 bits per heavy atom. The van der Waals surface area contributed by atoms with Crippen molar-refractivity contribution >= 4 is 17.6 Å². The minimum absolute atomic E-state index is 0.112. The predicted octanol–water partition coefficient (Wildman–Crippen LogP) is 4.06. The first kappa shape index (κ1) is 23.5. The van der Waals surface area contributed by atoms with Gasteiger partial charge in [-0.3, -0.25) is 9.59 Å². The van der Waals surface area contributed by atoms with Crippen LogP contribution in [0.3, 0.4) is 0 Å². The van der Waals surface area contributed by atoms with E-state index in [2.05, 4.69) is 17.2 Å². The van der Waals surface area contributed by atoms with Crippen molar-refractivity contribution in [1.29, 1.82) is 0 Å². The average Bonchev–Trinajstić information content (AvgIpc) is 3.30. The molecule has 2 aromatic carbocycles. The Morgan fingerprint density at radius 3 is 2.39 bits per heavy atom. The number of nitrogens with two attached hydrogens (primary N) is 1. The number of hydrogen-bond acceptors (Lipinski definition) is 5. The molecule has 2 aliphatic rings. The third-order valence-corrected chi connectivity index (χ3v) is 6.91. The van der Waals surface area contributed by atoms with Crippen molar-refractivity contribution in [3.8, 4) is 34.6 Å². The van der Waals surface area contributed by atoms with Crippen molar-refractivity contribution in [2.75, 3.05) is 25.0 Å². The Morgan fingerprint density at radius 2 is 1.72 bits per heavy atom. The normalized spacial score (nSPS) is 17.4. The second-order valence-corrected chi connectivity index (χ2v) is 9.11. The number of fused-ring (bicyclic) bond motifs is 1. The SMILES string of the molecule is CC#CC(=O)N1CCC(C2CCNc3c(C(N)=O)c(-c4ccc(Oc5ccccc5)cc4)nn32)CC1. The molecule has 2 amide bonds. The molecule has 36 heavy (non-hydrogen) atoms. The van der Waals surface area contributed by atoms with E-state index in [-0.39, 0.29) is 11.9 Å². The minimum atomic E-state index is -0.512.